The van der Waals surface area contributed by atoms with Crippen molar-refractivity contribution in [1.29, 1.82) is 0 Å². The van der Waals surface area contributed by atoms with Crippen LogP contribution in [0.2, 0.25) is 0 Å². The molecule has 0 radical (unpaired) electrons. The number of fused-ring (bicyclic) bond motifs is 1. The van der Waals surface area contributed by atoms with Crippen LogP contribution in [0.3, 0.4) is 0 Å². The second-order valence-electron chi connectivity index (χ2n) is 7.83. The number of aromatic amines is 1. The lowest BCUT2D eigenvalue weighted by molar-refractivity contribution is -0.131. The van der Waals surface area contributed by atoms with Crippen molar-refractivity contribution < 1.29 is 4.79 Å². The van der Waals surface area contributed by atoms with Gasteiger partial charge < -0.3 is 14.5 Å². The van der Waals surface area contributed by atoms with Gasteiger partial charge in [0.25, 0.3) is 0 Å². The number of carbonyl (C=O) groups excluding carboxylic acids is 1. The topological polar surface area (TPSA) is 66.8 Å². The number of hydrogen-bond donors (Lipinski definition) is 1. The Kier molecular flexibility index (Phi) is 4.50. The number of amides is 1. The van der Waals surface area contributed by atoms with Gasteiger partial charge >= 0.3 is 0 Å². The number of piperidine rings is 1. The lowest BCUT2D eigenvalue weighted by Gasteiger charge is -2.32. The summed E-state index contributed by atoms with van der Waals surface area (Å²) in [5, 5.41) is 9.46. The summed E-state index contributed by atoms with van der Waals surface area (Å²) in [6.07, 6.45) is 4.24. The molecule has 142 valence electrons. The van der Waals surface area contributed by atoms with Gasteiger partial charge in [0.05, 0.1) is 6.42 Å². The lowest BCUT2D eigenvalue weighted by atomic mass is 9.96. The average molecular weight is 365 g/mol. The van der Waals surface area contributed by atoms with Crippen molar-refractivity contribution >= 4 is 16.8 Å². The van der Waals surface area contributed by atoms with Crippen LogP contribution < -0.4 is 0 Å². The third-order valence-electron chi connectivity index (χ3n) is 5.90. The number of H-pyrrole nitrogens is 1. The van der Waals surface area contributed by atoms with Gasteiger partial charge in [-0.05, 0) is 50.3 Å². The van der Waals surface area contributed by atoms with Crippen molar-refractivity contribution in [1.82, 2.24) is 24.6 Å². The average Bonchev–Trinajstić information content (AvgIpc) is 3.23. The first-order valence-corrected chi connectivity index (χ1v) is 9.64. The molecule has 1 saturated heterocycles. The first kappa shape index (κ1) is 17.8. The van der Waals surface area contributed by atoms with Crippen LogP contribution in [-0.2, 0) is 18.3 Å². The Morgan fingerprint density at radius 3 is 2.78 bits per heavy atom. The Hall–Kier alpha value is -2.63. The van der Waals surface area contributed by atoms with Crippen LogP contribution in [0.4, 0.5) is 0 Å². The molecule has 3 heterocycles. The number of aryl methyl sites for hydroxylation is 4. The molecule has 1 aliphatic rings. The smallest absolute Gasteiger partial charge is 0.227 e. The molecule has 1 atom stereocenters. The number of likely N-dealkylation sites (tertiary alicyclic amines) is 1. The first-order valence-electron chi connectivity index (χ1n) is 9.64. The molecule has 6 nitrogen and oxygen atoms in total. The Labute approximate surface area is 159 Å². The molecule has 1 aromatic carbocycles. The highest BCUT2D eigenvalue weighted by molar-refractivity contribution is 5.93. The minimum absolute atomic E-state index is 0.201. The van der Waals surface area contributed by atoms with Crippen molar-refractivity contribution in [3.63, 3.8) is 0 Å². The van der Waals surface area contributed by atoms with E-state index in [0.717, 1.165) is 48.5 Å². The summed E-state index contributed by atoms with van der Waals surface area (Å²) >= 11 is 0. The van der Waals surface area contributed by atoms with Gasteiger partial charge in [-0.1, -0.05) is 12.1 Å². The van der Waals surface area contributed by atoms with E-state index in [2.05, 4.69) is 48.1 Å². The van der Waals surface area contributed by atoms with E-state index in [-0.39, 0.29) is 11.8 Å². The Balaban J connectivity index is 1.58. The van der Waals surface area contributed by atoms with Crippen LogP contribution in [0.15, 0.2) is 18.5 Å². The minimum atomic E-state index is 0.201. The molecule has 0 spiro atoms. The fraction of sp³-hybridized carbons (Fsp3) is 0.476. The maximum Gasteiger partial charge on any atom is 0.227 e. The van der Waals surface area contributed by atoms with E-state index in [0.29, 0.717) is 6.42 Å². The van der Waals surface area contributed by atoms with Gasteiger partial charge in [0.2, 0.25) is 5.91 Å². The van der Waals surface area contributed by atoms with Gasteiger partial charge in [-0.2, -0.15) is 0 Å². The zero-order valence-electron chi connectivity index (χ0n) is 16.5. The normalized spacial score (nSPS) is 17.6. The van der Waals surface area contributed by atoms with E-state index < -0.39 is 0 Å². The van der Waals surface area contributed by atoms with Gasteiger partial charge in [-0.3, -0.25) is 4.79 Å². The van der Waals surface area contributed by atoms with Gasteiger partial charge in [0, 0.05) is 42.7 Å². The Morgan fingerprint density at radius 2 is 2.04 bits per heavy atom. The molecule has 0 saturated carbocycles. The highest BCUT2D eigenvalue weighted by atomic mass is 16.2. The summed E-state index contributed by atoms with van der Waals surface area (Å²) in [4.78, 5) is 18.6. The third kappa shape index (κ3) is 3.13. The summed E-state index contributed by atoms with van der Waals surface area (Å²) in [5.41, 5.74) is 5.83. The quantitative estimate of drug-likeness (QED) is 0.775. The Bertz CT molecular complexity index is 1000. The summed E-state index contributed by atoms with van der Waals surface area (Å²) in [6, 6.07) is 4.28. The predicted octanol–water partition coefficient (Wildman–Crippen LogP) is 3.17. The van der Waals surface area contributed by atoms with Crippen LogP contribution in [-0.4, -0.2) is 43.6 Å². The van der Waals surface area contributed by atoms with Crippen LogP contribution >= 0.6 is 0 Å². The van der Waals surface area contributed by atoms with Crippen LogP contribution in [0.1, 0.15) is 47.0 Å². The number of benzene rings is 1. The molecule has 0 unspecified atom stereocenters. The molecule has 3 aromatic rings. The second kappa shape index (κ2) is 6.83. The SMILES string of the molecule is Cc1[nH]c2c(C)ccc(C)c2c1CC(=O)N1CCC[C@@H](c2nncn2C)C1. The molecule has 0 aliphatic carbocycles. The van der Waals surface area contributed by atoms with Crippen molar-refractivity contribution in [2.24, 2.45) is 7.05 Å². The minimum Gasteiger partial charge on any atom is -0.358 e. The van der Waals surface area contributed by atoms with E-state index in [1.54, 1.807) is 6.33 Å². The van der Waals surface area contributed by atoms with Crippen molar-refractivity contribution in [3.8, 4) is 0 Å². The van der Waals surface area contributed by atoms with Crippen molar-refractivity contribution in [2.75, 3.05) is 13.1 Å². The number of hydrogen-bond acceptors (Lipinski definition) is 3. The van der Waals surface area contributed by atoms with Crippen molar-refractivity contribution in [3.05, 3.63) is 46.7 Å². The zero-order valence-corrected chi connectivity index (χ0v) is 16.5. The lowest BCUT2D eigenvalue weighted by Crippen LogP contribution is -2.40. The Morgan fingerprint density at radius 1 is 1.26 bits per heavy atom. The molecule has 0 bridgehead atoms. The third-order valence-corrected chi connectivity index (χ3v) is 5.90. The monoisotopic (exact) mass is 365 g/mol. The molecule has 1 amide bonds. The summed E-state index contributed by atoms with van der Waals surface area (Å²) in [5.74, 6) is 1.44. The van der Waals surface area contributed by atoms with Gasteiger partial charge in [-0.15, -0.1) is 10.2 Å². The number of aromatic nitrogens is 4. The van der Waals surface area contributed by atoms with Gasteiger partial charge in [0.1, 0.15) is 12.2 Å². The predicted molar refractivity (Wildman–Crippen MR) is 106 cm³/mol. The molecular weight excluding hydrogens is 338 g/mol. The van der Waals surface area contributed by atoms with E-state index in [4.69, 9.17) is 0 Å². The molecule has 1 N–H and O–H groups in total. The molecule has 1 fully saturated rings. The number of nitrogens with zero attached hydrogens (tertiary/aromatic N) is 4. The summed E-state index contributed by atoms with van der Waals surface area (Å²) in [7, 11) is 1.97. The number of rotatable bonds is 3. The van der Waals surface area contributed by atoms with Gasteiger partial charge in [-0.25, -0.2) is 0 Å². The zero-order chi connectivity index (χ0) is 19.1. The maximum atomic E-state index is 13.1. The highest BCUT2D eigenvalue weighted by Gasteiger charge is 2.28. The standard InChI is InChI=1S/C21H27N5O/c1-13-7-8-14(2)20-19(13)17(15(3)23-20)10-18(27)26-9-5-6-16(11-26)21-24-22-12-25(21)4/h7-8,12,16,23H,5-6,9-11H2,1-4H3/t16-/m1/s1. The second-order valence-corrected chi connectivity index (χ2v) is 7.83. The van der Waals surface area contributed by atoms with E-state index in [1.165, 1.54) is 16.5 Å². The summed E-state index contributed by atoms with van der Waals surface area (Å²) < 4.78 is 1.97. The van der Waals surface area contributed by atoms with E-state index in [9.17, 15) is 4.79 Å². The highest BCUT2D eigenvalue weighted by Crippen LogP contribution is 2.30. The number of carbonyl (C=O) groups is 1. The molecular formula is C21H27N5O. The molecule has 4 rings (SSSR count). The van der Waals surface area contributed by atoms with E-state index in [1.807, 2.05) is 16.5 Å². The fourth-order valence-electron chi connectivity index (χ4n) is 4.37. The van der Waals surface area contributed by atoms with E-state index >= 15 is 0 Å². The molecule has 1 aliphatic heterocycles. The van der Waals surface area contributed by atoms with Crippen molar-refractivity contribution in [2.45, 2.75) is 46.0 Å². The van der Waals surface area contributed by atoms with Gasteiger partial charge in [0.15, 0.2) is 0 Å². The molecule has 2 aromatic heterocycles. The first-order chi connectivity index (χ1) is 13.0. The van der Waals surface area contributed by atoms with Crippen LogP contribution in [0.25, 0.3) is 10.9 Å². The summed E-state index contributed by atoms with van der Waals surface area (Å²) in [6.45, 7) is 7.85. The molecule has 27 heavy (non-hydrogen) atoms. The maximum absolute atomic E-state index is 13.1. The molecule has 6 heteroatoms. The van der Waals surface area contributed by atoms with Crippen LogP contribution in [0, 0.1) is 20.8 Å². The van der Waals surface area contributed by atoms with Crippen LogP contribution in [0.5, 0.6) is 0 Å². The largest absolute Gasteiger partial charge is 0.358 e. The fourth-order valence-corrected chi connectivity index (χ4v) is 4.37. The number of nitrogens with one attached hydrogen (secondary N) is 1.